The van der Waals surface area contributed by atoms with E-state index in [0.29, 0.717) is 22.8 Å². The van der Waals surface area contributed by atoms with Crippen molar-refractivity contribution in [2.75, 3.05) is 5.32 Å². The molecular formula is C20H13F3N4O2. The predicted octanol–water partition coefficient (Wildman–Crippen LogP) is 5.00. The molecule has 2 aromatic heterocycles. The van der Waals surface area contributed by atoms with E-state index in [4.69, 9.17) is 4.42 Å². The van der Waals surface area contributed by atoms with Crippen LogP contribution in [0.5, 0.6) is 0 Å². The smallest absolute Gasteiger partial charge is 0.416 e. The van der Waals surface area contributed by atoms with Gasteiger partial charge in [0, 0.05) is 23.0 Å². The highest BCUT2D eigenvalue weighted by atomic mass is 19.4. The average molecular weight is 398 g/mol. The largest absolute Gasteiger partial charge is 0.451 e. The number of halogens is 3. The quantitative estimate of drug-likeness (QED) is 0.507. The number of aromatic nitrogens is 3. The van der Waals surface area contributed by atoms with Crippen molar-refractivity contribution in [2.45, 2.75) is 6.18 Å². The Labute approximate surface area is 162 Å². The average Bonchev–Trinajstić information content (AvgIpc) is 3.40. The number of amides is 1. The standard InChI is InChI=1S/C20H13F3N4O2/c21-20(22,23)14-3-1-2-13(8-14)18-24-9-16(27-18)12-4-6-15(7-5-12)26-19(28)17-10-29-11-25-17/h1-11H,(H,24,27)(H,26,28). The summed E-state index contributed by atoms with van der Waals surface area (Å²) in [5.41, 5.74) is 1.61. The van der Waals surface area contributed by atoms with Crippen LogP contribution in [-0.4, -0.2) is 20.9 Å². The summed E-state index contributed by atoms with van der Waals surface area (Å²) in [7, 11) is 0. The third kappa shape index (κ3) is 4.03. The fraction of sp³-hybridized carbons (Fsp3) is 0.0500. The molecule has 0 aliphatic rings. The Bertz CT molecular complexity index is 1130. The molecule has 0 atom stereocenters. The summed E-state index contributed by atoms with van der Waals surface area (Å²) >= 11 is 0. The predicted molar refractivity (Wildman–Crippen MR) is 98.9 cm³/mol. The molecule has 2 N–H and O–H groups in total. The number of benzene rings is 2. The molecule has 0 radical (unpaired) electrons. The molecule has 29 heavy (non-hydrogen) atoms. The third-order valence-electron chi connectivity index (χ3n) is 4.14. The number of hydrogen-bond donors (Lipinski definition) is 2. The highest BCUT2D eigenvalue weighted by molar-refractivity contribution is 6.02. The minimum absolute atomic E-state index is 0.159. The second-order valence-corrected chi connectivity index (χ2v) is 6.12. The lowest BCUT2D eigenvalue weighted by Crippen LogP contribution is -2.11. The van der Waals surface area contributed by atoms with Gasteiger partial charge >= 0.3 is 6.18 Å². The molecule has 0 unspecified atom stereocenters. The number of carbonyl (C=O) groups is 1. The highest BCUT2D eigenvalue weighted by Gasteiger charge is 2.30. The molecule has 0 saturated carbocycles. The summed E-state index contributed by atoms with van der Waals surface area (Å²) in [6.45, 7) is 0. The number of oxazole rings is 1. The van der Waals surface area contributed by atoms with Crippen molar-refractivity contribution in [3.05, 3.63) is 78.6 Å². The lowest BCUT2D eigenvalue weighted by atomic mass is 10.1. The minimum atomic E-state index is -4.42. The van der Waals surface area contributed by atoms with Crippen LogP contribution in [-0.2, 0) is 6.18 Å². The maximum Gasteiger partial charge on any atom is 0.416 e. The van der Waals surface area contributed by atoms with Gasteiger partial charge in [-0.15, -0.1) is 0 Å². The van der Waals surface area contributed by atoms with Gasteiger partial charge in [0.05, 0.1) is 11.3 Å². The molecule has 0 aliphatic heterocycles. The number of nitrogens with one attached hydrogen (secondary N) is 2. The van der Waals surface area contributed by atoms with E-state index in [1.54, 1.807) is 36.5 Å². The van der Waals surface area contributed by atoms with Crippen LogP contribution in [0.15, 0.2) is 71.8 Å². The van der Waals surface area contributed by atoms with E-state index in [2.05, 4.69) is 20.3 Å². The SMILES string of the molecule is O=C(Nc1ccc(-c2c[nH]c(-c3cccc(C(F)(F)F)c3)n2)cc1)c1cocn1. The molecule has 146 valence electrons. The summed E-state index contributed by atoms with van der Waals surface area (Å²) in [5.74, 6) is -0.0763. The minimum Gasteiger partial charge on any atom is -0.451 e. The van der Waals surface area contributed by atoms with E-state index >= 15 is 0 Å². The molecule has 4 rings (SSSR count). The van der Waals surface area contributed by atoms with Crippen LogP contribution >= 0.6 is 0 Å². The van der Waals surface area contributed by atoms with Gasteiger partial charge in [-0.05, 0) is 24.3 Å². The highest BCUT2D eigenvalue weighted by Crippen LogP contribution is 2.32. The maximum atomic E-state index is 12.9. The molecule has 0 saturated heterocycles. The lowest BCUT2D eigenvalue weighted by Gasteiger charge is -2.07. The summed E-state index contributed by atoms with van der Waals surface area (Å²) in [5, 5.41) is 2.68. The van der Waals surface area contributed by atoms with E-state index < -0.39 is 17.6 Å². The van der Waals surface area contributed by atoms with Crippen molar-refractivity contribution in [2.24, 2.45) is 0 Å². The number of alkyl halides is 3. The van der Waals surface area contributed by atoms with Gasteiger partial charge in [0.1, 0.15) is 12.1 Å². The molecule has 0 spiro atoms. The lowest BCUT2D eigenvalue weighted by molar-refractivity contribution is -0.137. The second kappa shape index (κ2) is 7.27. The van der Waals surface area contributed by atoms with Crippen molar-refractivity contribution in [1.82, 2.24) is 15.0 Å². The Morgan fingerprint density at radius 2 is 1.86 bits per heavy atom. The van der Waals surface area contributed by atoms with Crippen LogP contribution < -0.4 is 5.32 Å². The Hall–Kier alpha value is -3.88. The first-order valence-corrected chi connectivity index (χ1v) is 8.43. The molecule has 0 bridgehead atoms. The van der Waals surface area contributed by atoms with Crippen LogP contribution in [0.25, 0.3) is 22.6 Å². The Balaban J connectivity index is 1.52. The van der Waals surface area contributed by atoms with Crippen molar-refractivity contribution >= 4 is 11.6 Å². The van der Waals surface area contributed by atoms with Gasteiger partial charge in [-0.3, -0.25) is 4.79 Å². The third-order valence-corrected chi connectivity index (χ3v) is 4.14. The topological polar surface area (TPSA) is 83.8 Å². The molecule has 2 aromatic carbocycles. The van der Waals surface area contributed by atoms with Gasteiger partial charge < -0.3 is 14.7 Å². The summed E-state index contributed by atoms with van der Waals surface area (Å²) in [6, 6.07) is 11.8. The molecule has 1 amide bonds. The number of H-pyrrole nitrogens is 1. The van der Waals surface area contributed by atoms with Crippen LogP contribution in [0.4, 0.5) is 18.9 Å². The molecular weight excluding hydrogens is 385 g/mol. The maximum absolute atomic E-state index is 12.9. The zero-order valence-electron chi connectivity index (χ0n) is 14.7. The molecule has 6 nitrogen and oxygen atoms in total. The van der Waals surface area contributed by atoms with Crippen molar-refractivity contribution < 1.29 is 22.4 Å². The number of imidazole rings is 1. The van der Waals surface area contributed by atoms with Crippen molar-refractivity contribution in [1.29, 1.82) is 0 Å². The summed E-state index contributed by atoms with van der Waals surface area (Å²) in [6.07, 6.45) is -0.406. The van der Waals surface area contributed by atoms with Gasteiger partial charge in [-0.25, -0.2) is 9.97 Å². The number of carbonyl (C=O) groups excluding carboxylic acids is 1. The molecule has 0 fully saturated rings. The van der Waals surface area contributed by atoms with E-state index in [1.165, 1.54) is 12.3 Å². The summed E-state index contributed by atoms with van der Waals surface area (Å²) < 4.78 is 43.5. The molecule has 9 heteroatoms. The van der Waals surface area contributed by atoms with Crippen LogP contribution in [0.1, 0.15) is 16.1 Å². The zero-order valence-corrected chi connectivity index (χ0v) is 14.7. The number of aromatic amines is 1. The van der Waals surface area contributed by atoms with E-state index in [1.807, 2.05) is 0 Å². The first-order valence-electron chi connectivity index (χ1n) is 8.43. The number of rotatable bonds is 4. The van der Waals surface area contributed by atoms with E-state index in [-0.39, 0.29) is 5.69 Å². The normalized spacial score (nSPS) is 11.4. The number of anilines is 1. The number of hydrogen-bond acceptors (Lipinski definition) is 4. The summed E-state index contributed by atoms with van der Waals surface area (Å²) in [4.78, 5) is 23.0. The fourth-order valence-corrected chi connectivity index (χ4v) is 2.70. The van der Waals surface area contributed by atoms with Crippen LogP contribution in [0.2, 0.25) is 0 Å². The monoisotopic (exact) mass is 398 g/mol. The van der Waals surface area contributed by atoms with Gasteiger partial charge in [0.25, 0.3) is 5.91 Å². The van der Waals surface area contributed by atoms with Crippen molar-refractivity contribution in [3.63, 3.8) is 0 Å². The van der Waals surface area contributed by atoms with Crippen molar-refractivity contribution in [3.8, 4) is 22.6 Å². The Kier molecular flexibility index (Phi) is 4.63. The molecule has 2 heterocycles. The number of nitrogens with zero attached hydrogens (tertiary/aromatic N) is 2. The van der Waals surface area contributed by atoms with Gasteiger partial charge in [0.2, 0.25) is 0 Å². The first-order chi connectivity index (χ1) is 13.9. The van der Waals surface area contributed by atoms with Gasteiger partial charge in [-0.1, -0.05) is 24.3 Å². The van der Waals surface area contributed by atoms with Crippen LogP contribution in [0, 0.1) is 0 Å². The first kappa shape index (κ1) is 18.5. The zero-order chi connectivity index (χ0) is 20.4. The Morgan fingerprint density at radius 3 is 2.55 bits per heavy atom. The van der Waals surface area contributed by atoms with E-state index in [0.717, 1.165) is 24.1 Å². The fourth-order valence-electron chi connectivity index (χ4n) is 2.70. The molecule has 0 aliphatic carbocycles. The molecule has 4 aromatic rings. The van der Waals surface area contributed by atoms with Crippen LogP contribution in [0.3, 0.4) is 0 Å². The van der Waals surface area contributed by atoms with E-state index in [9.17, 15) is 18.0 Å². The Morgan fingerprint density at radius 1 is 1.07 bits per heavy atom. The van der Waals surface area contributed by atoms with Gasteiger partial charge in [-0.2, -0.15) is 13.2 Å². The second-order valence-electron chi connectivity index (χ2n) is 6.12. The van der Waals surface area contributed by atoms with Gasteiger partial charge in [0.15, 0.2) is 12.1 Å².